The molecule has 0 aliphatic rings. The quantitative estimate of drug-likeness (QED) is 0.892. The van der Waals surface area contributed by atoms with Crippen LogP contribution in [0.1, 0.15) is 20.9 Å². The van der Waals surface area contributed by atoms with E-state index in [1.807, 2.05) is 38.1 Å². The Hall–Kier alpha value is -1.88. The number of hydrogen-bond donors (Lipinski definition) is 2. The summed E-state index contributed by atoms with van der Waals surface area (Å²) in [4.78, 5) is 17.0. The second kappa shape index (κ2) is 5.18. The molecule has 2 rings (SSSR count). The summed E-state index contributed by atoms with van der Waals surface area (Å²) in [7, 11) is 1.79. The standard InChI is InChI=1S/C13H15N3OS/c1-8-5-4-6-10(7-8)16-12(17)11-9(2)15-13(14-3)18-11/h4-7H,1-3H3,(H,14,15)(H,16,17). The molecule has 5 heteroatoms. The van der Waals surface area contributed by atoms with Crippen molar-refractivity contribution in [1.29, 1.82) is 0 Å². The summed E-state index contributed by atoms with van der Waals surface area (Å²) in [6.45, 7) is 3.83. The third-order valence-electron chi connectivity index (χ3n) is 2.49. The molecule has 94 valence electrons. The van der Waals surface area contributed by atoms with E-state index in [1.54, 1.807) is 7.05 Å². The van der Waals surface area contributed by atoms with Gasteiger partial charge in [0.15, 0.2) is 5.13 Å². The highest BCUT2D eigenvalue weighted by Gasteiger charge is 2.14. The molecular weight excluding hydrogens is 246 g/mol. The van der Waals surface area contributed by atoms with E-state index in [-0.39, 0.29) is 5.91 Å². The topological polar surface area (TPSA) is 54.0 Å². The van der Waals surface area contributed by atoms with Gasteiger partial charge in [-0.15, -0.1) is 0 Å². The number of carbonyl (C=O) groups excluding carboxylic acids is 1. The molecule has 0 spiro atoms. The van der Waals surface area contributed by atoms with Crippen LogP contribution >= 0.6 is 11.3 Å². The highest BCUT2D eigenvalue weighted by molar-refractivity contribution is 7.17. The van der Waals surface area contributed by atoms with Gasteiger partial charge in [-0.3, -0.25) is 4.79 Å². The van der Waals surface area contributed by atoms with E-state index >= 15 is 0 Å². The first-order valence-corrected chi connectivity index (χ1v) is 6.45. The van der Waals surface area contributed by atoms with E-state index in [1.165, 1.54) is 11.3 Å². The predicted molar refractivity (Wildman–Crippen MR) is 75.5 cm³/mol. The first-order valence-electron chi connectivity index (χ1n) is 5.63. The van der Waals surface area contributed by atoms with Crippen molar-refractivity contribution in [2.24, 2.45) is 0 Å². The molecule has 0 fully saturated rings. The van der Waals surface area contributed by atoms with Gasteiger partial charge in [0.2, 0.25) is 0 Å². The minimum atomic E-state index is -0.114. The number of amides is 1. The van der Waals surface area contributed by atoms with Gasteiger partial charge in [-0.2, -0.15) is 0 Å². The van der Waals surface area contributed by atoms with Crippen LogP contribution in [-0.2, 0) is 0 Å². The zero-order valence-corrected chi connectivity index (χ0v) is 11.4. The average Bonchev–Trinajstić information content (AvgIpc) is 2.70. The average molecular weight is 261 g/mol. The Labute approximate surface area is 110 Å². The molecular formula is C13H15N3OS. The third-order valence-corrected chi connectivity index (χ3v) is 3.67. The molecule has 18 heavy (non-hydrogen) atoms. The molecule has 1 heterocycles. The van der Waals surface area contributed by atoms with Crippen LogP contribution in [0.4, 0.5) is 10.8 Å². The van der Waals surface area contributed by atoms with E-state index in [4.69, 9.17) is 0 Å². The number of carbonyl (C=O) groups is 1. The fraction of sp³-hybridized carbons (Fsp3) is 0.231. The van der Waals surface area contributed by atoms with Gasteiger partial charge in [0.05, 0.1) is 5.69 Å². The van der Waals surface area contributed by atoms with E-state index in [9.17, 15) is 4.79 Å². The van der Waals surface area contributed by atoms with Crippen molar-refractivity contribution >= 4 is 28.1 Å². The summed E-state index contributed by atoms with van der Waals surface area (Å²) in [6, 6.07) is 7.73. The number of rotatable bonds is 3. The summed E-state index contributed by atoms with van der Waals surface area (Å²) in [5, 5.41) is 6.58. The van der Waals surface area contributed by atoms with Crippen LogP contribution < -0.4 is 10.6 Å². The van der Waals surface area contributed by atoms with Gasteiger partial charge in [0.25, 0.3) is 5.91 Å². The molecule has 1 aromatic carbocycles. The second-order valence-corrected chi connectivity index (χ2v) is 5.01. The van der Waals surface area contributed by atoms with Gasteiger partial charge in [-0.1, -0.05) is 23.5 Å². The van der Waals surface area contributed by atoms with Crippen molar-refractivity contribution < 1.29 is 4.79 Å². The molecule has 2 aromatic rings. The minimum absolute atomic E-state index is 0.114. The van der Waals surface area contributed by atoms with Crippen molar-refractivity contribution in [2.45, 2.75) is 13.8 Å². The fourth-order valence-corrected chi connectivity index (χ4v) is 2.44. The van der Waals surface area contributed by atoms with Crippen molar-refractivity contribution in [3.05, 3.63) is 40.4 Å². The molecule has 0 saturated carbocycles. The number of nitrogens with zero attached hydrogens (tertiary/aromatic N) is 1. The number of anilines is 2. The molecule has 0 radical (unpaired) electrons. The van der Waals surface area contributed by atoms with Gasteiger partial charge in [-0.05, 0) is 31.5 Å². The maximum atomic E-state index is 12.1. The lowest BCUT2D eigenvalue weighted by Gasteiger charge is -2.04. The molecule has 1 aromatic heterocycles. The minimum Gasteiger partial charge on any atom is -0.365 e. The highest BCUT2D eigenvalue weighted by atomic mass is 32.1. The van der Waals surface area contributed by atoms with Gasteiger partial charge >= 0.3 is 0 Å². The van der Waals surface area contributed by atoms with Crippen molar-refractivity contribution in [1.82, 2.24) is 4.98 Å². The molecule has 4 nitrogen and oxygen atoms in total. The SMILES string of the molecule is CNc1nc(C)c(C(=O)Nc2cccc(C)c2)s1. The highest BCUT2D eigenvalue weighted by Crippen LogP contribution is 2.23. The van der Waals surface area contributed by atoms with Crippen LogP contribution in [0.5, 0.6) is 0 Å². The molecule has 0 aliphatic carbocycles. The number of nitrogens with one attached hydrogen (secondary N) is 2. The van der Waals surface area contributed by atoms with E-state index < -0.39 is 0 Å². The first kappa shape index (κ1) is 12.6. The third kappa shape index (κ3) is 2.68. The van der Waals surface area contributed by atoms with Crippen molar-refractivity contribution in [3.8, 4) is 0 Å². The molecule has 0 bridgehead atoms. The first-order chi connectivity index (χ1) is 8.60. The van der Waals surface area contributed by atoms with E-state index in [0.717, 1.165) is 22.1 Å². The van der Waals surface area contributed by atoms with E-state index in [2.05, 4.69) is 15.6 Å². The smallest absolute Gasteiger partial charge is 0.267 e. The molecule has 2 N–H and O–H groups in total. The molecule has 1 amide bonds. The summed E-state index contributed by atoms with van der Waals surface area (Å²) in [5.74, 6) is -0.114. The van der Waals surface area contributed by atoms with Crippen LogP contribution in [0.2, 0.25) is 0 Å². The normalized spacial score (nSPS) is 10.2. The summed E-state index contributed by atoms with van der Waals surface area (Å²) in [6.07, 6.45) is 0. The van der Waals surface area contributed by atoms with Gasteiger partial charge < -0.3 is 10.6 Å². The van der Waals surface area contributed by atoms with Gasteiger partial charge in [0, 0.05) is 12.7 Å². The molecule has 0 atom stereocenters. The Morgan fingerprint density at radius 3 is 2.72 bits per heavy atom. The van der Waals surface area contributed by atoms with Crippen LogP contribution in [0, 0.1) is 13.8 Å². The summed E-state index contributed by atoms with van der Waals surface area (Å²) >= 11 is 1.36. The van der Waals surface area contributed by atoms with Gasteiger partial charge in [0.1, 0.15) is 4.88 Å². The van der Waals surface area contributed by atoms with Crippen molar-refractivity contribution in [2.75, 3.05) is 17.7 Å². The van der Waals surface area contributed by atoms with Crippen LogP contribution in [0.3, 0.4) is 0 Å². The number of aryl methyl sites for hydroxylation is 2. The van der Waals surface area contributed by atoms with E-state index in [0.29, 0.717) is 4.88 Å². The maximum absolute atomic E-state index is 12.1. The largest absolute Gasteiger partial charge is 0.365 e. The number of thiazole rings is 1. The molecule has 0 saturated heterocycles. The monoisotopic (exact) mass is 261 g/mol. The van der Waals surface area contributed by atoms with Crippen LogP contribution in [0.25, 0.3) is 0 Å². The Kier molecular flexibility index (Phi) is 3.62. The zero-order chi connectivity index (χ0) is 13.1. The molecule has 0 aliphatic heterocycles. The Balaban J connectivity index is 2.19. The number of benzene rings is 1. The number of hydrogen-bond acceptors (Lipinski definition) is 4. The van der Waals surface area contributed by atoms with Crippen molar-refractivity contribution in [3.63, 3.8) is 0 Å². The van der Waals surface area contributed by atoms with Crippen LogP contribution in [-0.4, -0.2) is 17.9 Å². The predicted octanol–water partition coefficient (Wildman–Crippen LogP) is 3.05. The Bertz CT molecular complexity index is 577. The van der Waals surface area contributed by atoms with Crippen LogP contribution in [0.15, 0.2) is 24.3 Å². The maximum Gasteiger partial charge on any atom is 0.267 e. The summed E-state index contributed by atoms with van der Waals surface area (Å²) < 4.78 is 0. The Morgan fingerprint density at radius 2 is 2.11 bits per heavy atom. The number of aromatic nitrogens is 1. The zero-order valence-electron chi connectivity index (χ0n) is 10.6. The second-order valence-electron chi connectivity index (χ2n) is 4.01. The lowest BCUT2D eigenvalue weighted by molar-refractivity contribution is 0.103. The lowest BCUT2D eigenvalue weighted by Crippen LogP contribution is -2.11. The fourth-order valence-electron chi connectivity index (χ4n) is 1.62. The Morgan fingerprint density at radius 1 is 1.33 bits per heavy atom. The van der Waals surface area contributed by atoms with Gasteiger partial charge in [-0.25, -0.2) is 4.98 Å². The molecule has 0 unspecified atom stereocenters. The lowest BCUT2D eigenvalue weighted by atomic mass is 10.2. The summed E-state index contributed by atoms with van der Waals surface area (Å²) in [5.41, 5.74) is 2.66.